The summed E-state index contributed by atoms with van der Waals surface area (Å²) in [5, 5.41) is 0. The molecule has 3 nitrogen and oxygen atoms in total. The summed E-state index contributed by atoms with van der Waals surface area (Å²) in [4.78, 5) is 12.6. The van der Waals surface area contributed by atoms with Gasteiger partial charge >= 0.3 is 6.18 Å². The van der Waals surface area contributed by atoms with Crippen LogP contribution < -0.4 is 0 Å². The molecular formula is C14H18F3NO2. The van der Waals surface area contributed by atoms with Gasteiger partial charge in [-0.25, -0.2) is 0 Å². The topological polar surface area (TPSA) is 29.5 Å². The van der Waals surface area contributed by atoms with Crippen LogP contribution in [0.25, 0.3) is 0 Å². The molecule has 0 aliphatic carbocycles. The number of benzene rings is 1. The van der Waals surface area contributed by atoms with Crippen molar-refractivity contribution in [3.05, 3.63) is 35.9 Å². The highest BCUT2D eigenvalue weighted by Gasteiger charge is 2.33. The van der Waals surface area contributed by atoms with E-state index in [4.69, 9.17) is 4.74 Å². The van der Waals surface area contributed by atoms with Gasteiger partial charge in [0.05, 0.1) is 6.10 Å². The molecule has 0 atom stereocenters. The lowest BCUT2D eigenvalue weighted by atomic mass is 10.2. The van der Waals surface area contributed by atoms with Crippen molar-refractivity contribution in [3.63, 3.8) is 0 Å². The van der Waals surface area contributed by atoms with Gasteiger partial charge < -0.3 is 9.64 Å². The van der Waals surface area contributed by atoms with Crippen molar-refractivity contribution in [2.75, 3.05) is 13.2 Å². The van der Waals surface area contributed by atoms with Crippen molar-refractivity contribution < 1.29 is 22.7 Å². The zero-order chi connectivity index (χ0) is 15.2. The van der Waals surface area contributed by atoms with Gasteiger partial charge in [0.15, 0.2) is 0 Å². The lowest BCUT2D eigenvalue weighted by Gasteiger charge is -2.24. The zero-order valence-corrected chi connectivity index (χ0v) is 11.5. The Morgan fingerprint density at radius 1 is 1.25 bits per heavy atom. The van der Waals surface area contributed by atoms with Gasteiger partial charge in [-0.1, -0.05) is 30.3 Å². The number of carbonyl (C=O) groups is 1. The third-order valence-corrected chi connectivity index (χ3v) is 2.48. The number of nitrogens with zero attached hydrogens (tertiary/aromatic N) is 1. The van der Waals surface area contributed by atoms with Gasteiger partial charge in [-0.3, -0.25) is 4.79 Å². The predicted molar refractivity (Wildman–Crippen MR) is 69.0 cm³/mol. The lowest BCUT2D eigenvalue weighted by molar-refractivity contribution is -0.165. The summed E-state index contributed by atoms with van der Waals surface area (Å²) in [5.74, 6) is -0.667. The Morgan fingerprint density at radius 3 is 2.35 bits per heavy atom. The first-order valence-electron chi connectivity index (χ1n) is 6.28. The van der Waals surface area contributed by atoms with Crippen LogP contribution in [-0.2, 0) is 16.1 Å². The van der Waals surface area contributed by atoms with Crippen LogP contribution in [0.4, 0.5) is 13.2 Å². The number of hydrogen-bond acceptors (Lipinski definition) is 2. The summed E-state index contributed by atoms with van der Waals surface area (Å²) in [5.41, 5.74) is 0.648. The molecule has 0 heterocycles. The number of amides is 1. The number of alkyl halides is 3. The fourth-order valence-electron chi connectivity index (χ4n) is 1.58. The van der Waals surface area contributed by atoms with Crippen LogP contribution in [0, 0.1) is 0 Å². The van der Waals surface area contributed by atoms with Crippen molar-refractivity contribution >= 4 is 5.91 Å². The van der Waals surface area contributed by atoms with E-state index in [2.05, 4.69) is 0 Å². The van der Waals surface area contributed by atoms with E-state index in [1.54, 1.807) is 44.2 Å². The van der Waals surface area contributed by atoms with Crippen LogP contribution in [0.1, 0.15) is 19.4 Å². The summed E-state index contributed by atoms with van der Waals surface area (Å²) < 4.78 is 42.7. The van der Waals surface area contributed by atoms with Crippen molar-refractivity contribution in [1.29, 1.82) is 0 Å². The average Bonchev–Trinajstić information content (AvgIpc) is 2.34. The minimum Gasteiger partial charge on any atom is -0.369 e. The minimum absolute atomic E-state index is 0.0827. The van der Waals surface area contributed by atoms with E-state index in [1.165, 1.54) is 0 Å². The van der Waals surface area contributed by atoms with Crippen LogP contribution in [0.15, 0.2) is 30.3 Å². The molecule has 1 rings (SSSR count). The van der Waals surface area contributed by atoms with Crippen LogP contribution in [0.3, 0.4) is 0 Å². The van der Waals surface area contributed by atoms with E-state index in [-0.39, 0.29) is 19.3 Å². The highest BCUT2D eigenvalue weighted by Crippen LogP contribution is 2.18. The first kappa shape index (κ1) is 16.5. The van der Waals surface area contributed by atoms with E-state index in [1.807, 2.05) is 0 Å². The van der Waals surface area contributed by atoms with Gasteiger partial charge in [0.1, 0.15) is 13.2 Å². The molecule has 0 radical (unpaired) electrons. The van der Waals surface area contributed by atoms with Crippen molar-refractivity contribution in [3.8, 4) is 0 Å². The molecule has 0 saturated carbocycles. The Kier molecular flexibility index (Phi) is 6.01. The summed E-state index contributed by atoms with van der Waals surface area (Å²) >= 11 is 0. The normalized spacial score (nSPS) is 11.7. The second-order valence-corrected chi connectivity index (χ2v) is 4.71. The highest BCUT2D eigenvalue weighted by atomic mass is 19.4. The van der Waals surface area contributed by atoms with Crippen LogP contribution in [0.2, 0.25) is 0 Å². The van der Waals surface area contributed by atoms with E-state index in [9.17, 15) is 18.0 Å². The maximum absolute atomic E-state index is 12.5. The Morgan fingerprint density at radius 2 is 1.85 bits per heavy atom. The molecule has 1 aromatic rings. The molecule has 0 bridgehead atoms. The molecule has 1 amide bonds. The second-order valence-electron chi connectivity index (χ2n) is 4.71. The number of ether oxygens (including phenoxy) is 1. The molecule has 112 valence electrons. The second kappa shape index (κ2) is 7.28. The summed E-state index contributed by atoms with van der Waals surface area (Å²) in [6.45, 7) is 1.74. The lowest BCUT2D eigenvalue weighted by Crippen LogP contribution is -2.40. The van der Waals surface area contributed by atoms with Gasteiger partial charge in [-0.05, 0) is 19.4 Å². The highest BCUT2D eigenvalue weighted by molar-refractivity contribution is 5.77. The predicted octanol–water partition coefficient (Wildman–Crippen LogP) is 3.00. The van der Waals surface area contributed by atoms with Gasteiger partial charge in [-0.2, -0.15) is 13.2 Å². The Labute approximate surface area is 116 Å². The molecule has 0 saturated heterocycles. The summed E-state index contributed by atoms with van der Waals surface area (Å²) in [7, 11) is 0. The molecule has 0 N–H and O–H groups in total. The molecular weight excluding hydrogens is 271 g/mol. The minimum atomic E-state index is -4.43. The van der Waals surface area contributed by atoms with Crippen LogP contribution in [0.5, 0.6) is 0 Å². The first-order chi connectivity index (χ1) is 9.28. The van der Waals surface area contributed by atoms with Gasteiger partial charge in [0.25, 0.3) is 0 Å². The molecule has 0 unspecified atom stereocenters. The molecule has 1 aromatic carbocycles. The third kappa shape index (κ3) is 6.56. The largest absolute Gasteiger partial charge is 0.406 e. The van der Waals surface area contributed by atoms with Gasteiger partial charge in [-0.15, -0.1) is 0 Å². The Balaban J connectivity index is 2.72. The SMILES string of the molecule is CC(C)OCC(=O)N(Cc1ccccc1)CC(F)(F)F. The van der Waals surface area contributed by atoms with Crippen molar-refractivity contribution in [1.82, 2.24) is 4.90 Å². The van der Waals surface area contributed by atoms with E-state index >= 15 is 0 Å². The third-order valence-electron chi connectivity index (χ3n) is 2.48. The first-order valence-corrected chi connectivity index (χ1v) is 6.28. The van der Waals surface area contributed by atoms with Crippen LogP contribution in [-0.4, -0.2) is 36.2 Å². The standard InChI is InChI=1S/C14H18F3NO2/c1-11(2)20-9-13(19)18(10-14(15,16)17)8-12-6-4-3-5-7-12/h3-7,11H,8-10H2,1-2H3. The van der Waals surface area contributed by atoms with E-state index in [0.717, 1.165) is 4.90 Å². The average molecular weight is 289 g/mol. The summed E-state index contributed by atoms with van der Waals surface area (Å²) in [6.07, 6.45) is -4.63. The number of rotatable bonds is 6. The fourth-order valence-corrected chi connectivity index (χ4v) is 1.58. The monoisotopic (exact) mass is 289 g/mol. The van der Waals surface area contributed by atoms with E-state index in [0.29, 0.717) is 5.56 Å². The molecule has 0 aliphatic heterocycles. The van der Waals surface area contributed by atoms with E-state index < -0.39 is 18.6 Å². The van der Waals surface area contributed by atoms with Gasteiger partial charge in [0, 0.05) is 6.54 Å². The number of carbonyl (C=O) groups excluding carboxylic acids is 1. The molecule has 20 heavy (non-hydrogen) atoms. The molecule has 0 aromatic heterocycles. The maximum Gasteiger partial charge on any atom is 0.406 e. The van der Waals surface area contributed by atoms with Crippen molar-refractivity contribution in [2.24, 2.45) is 0 Å². The van der Waals surface area contributed by atoms with Crippen molar-refractivity contribution in [2.45, 2.75) is 32.7 Å². The van der Waals surface area contributed by atoms with Gasteiger partial charge in [0.2, 0.25) is 5.91 Å². The number of halogens is 3. The molecule has 0 spiro atoms. The maximum atomic E-state index is 12.5. The number of hydrogen-bond donors (Lipinski definition) is 0. The zero-order valence-electron chi connectivity index (χ0n) is 11.5. The Hall–Kier alpha value is -1.56. The molecule has 6 heteroatoms. The fraction of sp³-hybridized carbons (Fsp3) is 0.500. The Bertz CT molecular complexity index is 418. The summed E-state index contributed by atoms with van der Waals surface area (Å²) in [6, 6.07) is 8.56. The quantitative estimate of drug-likeness (QED) is 0.805. The molecule has 0 aliphatic rings. The molecule has 0 fully saturated rings. The smallest absolute Gasteiger partial charge is 0.369 e. The van der Waals surface area contributed by atoms with Crippen LogP contribution >= 0.6 is 0 Å².